The van der Waals surface area contributed by atoms with E-state index in [-0.39, 0.29) is 101 Å². The number of nitrogens with one attached hydrogen (secondary N) is 13. The lowest BCUT2D eigenvalue weighted by Crippen LogP contribution is -2.58. The van der Waals surface area contributed by atoms with Crippen LogP contribution in [0.2, 0.25) is 0 Å². The summed E-state index contributed by atoms with van der Waals surface area (Å²) < 4.78 is 0. The van der Waals surface area contributed by atoms with Gasteiger partial charge in [0.25, 0.3) is 23.3 Å². The van der Waals surface area contributed by atoms with Gasteiger partial charge in [-0.2, -0.15) is 4.98 Å². The first kappa shape index (κ1) is 79.5. The molecule has 5 aromatic carbocycles. The molecule has 1 aliphatic heterocycles. The number of carbonyl (C=O) groups excluding carboxylic acids is 8. The number of carboxylic acids is 4. The zero-order valence-electron chi connectivity index (χ0n) is 57.7. The monoisotopic (exact) mass is 1570 g/mol. The number of hydrogen-bond acceptors (Lipinski definition) is 22. The Bertz CT molecular complexity index is 5180. The Morgan fingerprint density at radius 1 is 0.645 bits per heavy atom. The standard InChI is InChI=1S/C70H72ClN19O18S2/c71-27-35-30-90(51-26-52(91)40-4-1-2-5-41(40)57(35)51)66(104)49-23-34-21-38(12-14-43(34)82-49)80-62(100)46-22-33-20-37(11-13-42(33)81-46)78-54(93)17-19-109-110-31-50(68(107)108)87-64(102)48(25-56(96)97)86-61(99)44(6-3-18-75-69(72)73)84-63(101)47(24-55(94)95)83-53(92)16-15-45(67(105)106)85-60(98)32-7-9-36(10-8-32)76-28-39-29-77-59-58(79-39)65(103)89-70(74)88-59/h1-2,4-5,7-14,20-23,26,29,35,44-45,47-48,50,76,81-82,91H,3,6,15-19,24-25,27-28,30-31H2,(H,78,93)(H,80,100)(H,83,92)(H,84,101)(H,85,98)(H,86,99)(H,87,102)(H,94,95)(H,96,97)(H,105,106)(H,107,108)(H4,72,73,75)(H3,74,77,88,89,103)/t35?,44-,45-,47-,48-,50-/m0/s1. The largest absolute Gasteiger partial charge is 0.507 e. The van der Waals surface area contributed by atoms with E-state index in [0.717, 1.165) is 32.5 Å². The summed E-state index contributed by atoms with van der Waals surface area (Å²) in [5.74, 6) is -14.1. The lowest BCUT2D eigenvalue weighted by atomic mass is 9.95. The van der Waals surface area contributed by atoms with Crippen molar-refractivity contribution in [3.8, 4) is 5.75 Å². The first-order valence-corrected chi connectivity index (χ1v) is 36.7. The number of phenolic OH excluding ortho intramolecular Hbond substituents is 1. The molecule has 37 nitrogen and oxygen atoms in total. The van der Waals surface area contributed by atoms with Crippen molar-refractivity contribution < 1.29 is 83.1 Å². The number of rotatable bonds is 36. The number of guanidine groups is 1. The summed E-state index contributed by atoms with van der Waals surface area (Å²) in [7, 11) is 2.01. The number of halogens is 1. The van der Waals surface area contributed by atoms with Crippen molar-refractivity contribution in [2.75, 3.05) is 57.1 Å². The highest BCUT2D eigenvalue weighted by molar-refractivity contribution is 8.76. The number of benzene rings is 5. The van der Waals surface area contributed by atoms with E-state index in [4.69, 9.17) is 28.5 Å². The summed E-state index contributed by atoms with van der Waals surface area (Å²) in [4.78, 5) is 192. The Labute approximate surface area is 633 Å². The van der Waals surface area contributed by atoms with Crippen molar-refractivity contribution in [1.29, 1.82) is 5.41 Å². The minimum Gasteiger partial charge on any atom is -0.507 e. The molecule has 0 aliphatic carbocycles. The third-order valence-corrected chi connectivity index (χ3v) is 20.0. The zero-order chi connectivity index (χ0) is 79.0. The third-order valence-electron chi connectivity index (χ3n) is 17.2. The van der Waals surface area contributed by atoms with Crippen LogP contribution in [0, 0.1) is 5.41 Å². The number of H-pyrrole nitrogens is 3. The van der Waals surface area contributed by atoms with Crippen LogP contribution < -0.4 is 69.8 Å². The molecule has 4 aromatic heterocycles. The fraction of sp³-hybridized carbons (Fsp3) is 0.271. The first-order chi connectivity index (χ1) is 52.6. The van der Waals surface area contributed by atoms with Gasteiger partial charge in [-0.15, -0.1) is 11.6 Å². The molecule has 10 rings (SSSR count). The Morgan fingerprint density at radius 3 is 1.91 bits per heavy atom. The summed E-state index contributed by atoms with van der Waals surface area (Å²) >= 11 is 6.41. The quantitative estimate of drug-likeness (QED) is 0.00877. The van der Waals surface area contributed by atoms with Gasteiger partial charge in [0.05, 0.1) is 37.0 Å². The van der Waals surface area contributed by atoms with Crippen molar-refractivity contribution in [2.45, 2.75) is 87.6 Å². The molecule has 40 heteroatoms. The zero-order valence-corrected chi connectivity index (χ0v) is 60.1. The van der Waals surface area contributed by atoms with Crippen molar-refractivity contribution in [1.82, 2.24) is 61.8 Å². The highest BCUT2D eigenvalue weighted by Crippen LogP contribution is 2.46. The Hall–Kier alpha value is -13.0. The number of carboxylic acid groups (broad SMARTS) is 4. The number of fused-ring (bicyclic) bond motifs is 6. The van der Waals surface area contributed by atoms with Crippen LogP contribution >= 0.6 is 33.2 Å². The number of amides is 8. The highest BCUT2D eigenvalue weighted by Gasteiger charge is 2.37. The third kappa shape index (κ3) is 20.6. The Morgan fingerprint density at radius 2 is 1.25 bits per heavy atom. The van der Waals surface area contributed by atoms with Gasteiger partial charge in [0.1, 0.15) is 47.3 Å². The number of aliphatic carboxylic acids is 4. The van der Waals surface area contributed by atoms with Gasteiger partial charge < -0.3 is 99.7 Å². The number of hydrogen-bond donors (Lipinski definition) is 20. The molecule has 1 aliphatic rings. The Kier molecular flexibility index (Phi) is 26.1. The number of nitrogens with two attached hydrogens (primary N) is 2. The van der Waals surface area contributed by atoms with Crippen LogP contribution in [0.25, 0.3) is 43.7 Å². The summed E-state index contributed by atoms with van der Waals surface area (Å²) in [6.45, 7) is 0.309. The fourth-order valence-corrected chi connectivity index (χ4v) is 14.3. The summed E-state index contributed by atoms with van der Waals surface area (Å²) in [6, 6.07) is 18.9. The van der Waals surface area contributed by atoms with Gasteiger partial charge >= 0.3 is 23.9 Å². The number of nitrogens with zero attached hydrogens (tertiary/aromatic N) is 4. The van der Waals surface area contributed by atoms with E-state index in [1.54, 1.807) is 59.5 Å². The first-order valence-electron chi connectivity index (χ1n) is 33.7. The molecule has 0 saturated carbocycles. The second-order valence-corrected chi connectivity index (χ2v) is 28.0. The number of aromatic nitrogens is 6. The molecule has 0 bridgehead atoms. The van der Waals surface area contributed by atoms with Gasteiger partial charge in [0.2, 0.25) is 35.5 Å². The minimum atomic E-state index is -1.99. The molecule has 9 aromatic rings. The van der Waals surface area contributed by atoms with Crippen molar-refractivity contribution in [3.63, 3.8) is 0 Å². The number of carbonyl (C=O) groups is 12. The molecular formula is C70H72ClN19O18S2. The molecule has 0 radical (unpaired) electrons. The summed E-state index contributed by atoms with van der Waals surface area (Å²) in [5.41, 5.74) is 15.2. The number of aromatic hydroxyl groups is 1. The van der Waals surface area contributed by atoms with Crippen LogP contribution in [-0.2, 0) is 49.7 Å². The second-order valence-electron chi connectivity index (χ2n) is 25.1. The van der Waals surface area contributed by atoms with Crippen LogP contribution in [0.3, 0.4) is 0 Å². The lowest BCUT2D eigenvalue weighted by molar-refractivity contribution is -0.143. The molecule has 574 valence electrons. The van der Waals surface area contributed by atoms with Crippen molar-refractivity contribution >= 4 is 183 Å². The van der Waals surface area contributed by atoms with Gasteiger partial charge in [-0.1, -0.05) is 45.9 Å². The SMILES string of the molecule is N=C(N)NCCC[C@H](NC(=O)[C@H](CC(=O)O)NC(=O)CC[C@H](NC(=O)c1ccc(NCc2cnc3nc(N)[nH]c(=O)c3n2)cc1)C(=O)O)C(=O)N[C@@H](CC(=O)O)C(=O)N[C@@H](CSSCCC(=O)Nc1ccc2[nH]c(C(=O)Nc3ccc4[nH]c(C(=O)N5CC(CCl)c6c5cc(O)c5ccccc65)cc4c3)cc2c1)C(=O)O. The van der Waals surface area contributed by atoms with Gasteiger partial charge in [-0.05, 0) is 103 Å². The lowest BCUT2D eigenvalue weighted by Gasteiger charge is -2.25. The maximum Gasteiger partial charge on any atom is 0.327 e. The van der Waals surface area contributed by atoms with Crippen LogP contribution in [-0.4, -0.2) is 193 Å². The number of phenols is 1. The second kappa shape index (κ2) is 36.0. The number of anilines is 5. The molecule has 6 atom stereocenters. The van der Waals surface area contributed by atoms with Crippen LogP contribution in [0.15, 0.2) is 114 Å². The topological polar surface area (TPSA) is 596 Å². The summed E-state index contributed by atoms with van der Waals surface area (Å²) in [5, 5.41) is 82.9. The van der Waals surface area contributed by atoms with E-state index in [2.05, 4.69) is 77.8 Å². The molecular weight excluding hydrogens is 1490 g/mol. The van der Waals surface area contributed by atoms with Gasteiger partial charge in [-0.3, -0.25) is 63.1 Å². The molecule has 5 heterocycles. The van der Waals surface area contributed by atoms with E-state index < -0.39 is 133 Å². The minimum absolute atomic E-state index is 0.00137. The van der Waals surface area contributed by atoms with Gasteiger partial charge in [0.15, 0.2) is 17.1 Å². The average Bonchev–Trinajstić information content (AvgIpc) is 1.58. The van der Waals surface area contributed by atoms with E-state index in [1.807, 2.05) is 24.3 Å². The van der Waals surface area contributed by atoms with Crippen molar-refractivity contribution in [2.24, 2.45) is 5.73 Å². The number of alkyl halides is 1. The predicted octanol–water partition coefficient (Wildman–Crippen LogP) is 3.57. The molecule has 0 fully saturated rings. The van der Waals surface area contributed by atoms with E-state index in [1.165, 1.54) is 30.5 Å². The molecule has 1 unspecified atom stereocenters. The molecule has 0 spiro atoms. The molecule has 8 amide bonds. The smallest absolute Gasteiger partial charge is 0.327 e. The molecule has 0 saturated heterocycles. The number of nitrogen functional groups attached to an aromatic ring is 1. The summed E-state index contributed by atoms with van der Waals surface area (Å²) in [6.07, 6.45) is -2.63. The van der Waals surface area contributed by atoms with Crippen LogP contribution in [0.4, 0.5) is 28.7 Å². The van der Waals surface area contributed by atoms with E-state index in [0.29, 0.717) is 62.2 Å². The highest BCUT2D eigenvalue weighted by atomic mass is 35.5. The Balaban J connectivity index is 0.675. The predicted molar refractivity (Wildman–Crippen MR) is 407 cm³/mol. The van der Waals surface area contributed by atoms with E-state index in [9.17, 15) is 87.9 Å². The molecule has 110 heavy (non-hydrogen) atoms. The van der Waals surface area contributed by atoms with Crippen LogP contribution in [0.1, 0.15) is 93.5 Å². The maximum absolute atomic E-state index is 14.1. The average molecular weight is 1570 g/mol. The van der Waals surface area contributed by atoms with Crippen molar-refractivity contribution in [3.05, 3.63) is 148 Å². The van der Waals surface area contributed by atoms with E-state index >= 15 is 0 Å². The maximum atomic E-state index is 14.1. The normalized spacial score (nSPS) is 13.7. The fourth-order valence-electron chi connectivity index (χ4n) is 11.9. The van der Waals surface area contributed by atoms with Gasteiger partial charge in [0, 0.05) is 105 Å². The molecule has 22 N–H and O–H groups in total. The van der Waals surface area contributed by atoms with Gasteiger partial charge in [-0.25, -0.2) is 19.6 Å². The van der Waals surface area contributed by atoms with Crippen LogP contribution in [0.5, 0.6) is 5.75 Å². The number of aromatic amines is 3.